The maximum atomic E-state index is 13.6. The Hall–Kier alpha value is -1.54. The van der Waals surface area contributed by atoms with E-state index in [1.807, 2.05) is 6.92 Å². The van der Waals surface area contributed by atoms with Crippen molar-refractivity contribution in [2.45, 2.75) is 42.6 Å². The normalized spacial score (nSPS) is 15.4. The van der Waals surface area contributed by atoms with Crippen LogP contribution in [0.3, 0.4) is 0 Å². The van der Waals surface area contributed by atoms with E-state index < -0.39 is 42.4 Å². The average molecular weight is 444 g/mol. The van der Waals surface area contributed by atoms with Gasteiger partial charge in [-0.25, -0.2) is 0 Å². The van der Waals surface area contributed by atoms with E-state index in [2.05, 4.69) is 4.18 Å². The summed E-state index contributed by atoms with van der Waals surface area (Å²) >= 11 is 0. The van der Waals surface area contributed by atoms with Crippen molar-refractivity contribution >= 4 is 20.2 Å². The molecule has 1 N–H and O–H groups in total. The molecule has 0 aromatic heterocycles. The Labute approximate surface area is 151 Å². The molecule has 6 nitrogen and oxygen atoms in total. The van der Waals surface area contributed by atoms with Gasteiger partial charge in [-0.2, -0.15) is 43.2 Å². The van der Waals surface area contributed by atoms with Crippen LogP contribution in [0.2, 0.25) is 0 Å². The van der Waals surface area contributed by atoms with E-state index in [1.165, 1.54) is 12.1 Å². The molecule has 0 saturated carbocycles. The van der Waals surface area contributed by atoms with Crippen LogP contribution in [0.15, 0.2) is 24.3 Å². The third-order valence-electron chi connectivity index (χ3n) is 3.64. The zero-order valence-corrected chi connectivity index (χ0v) is 15.3. The molecule has 0 amide bonds. The maximum Gasteiger partial charge on any atom is 0.450 e. The van der Waals surface area contributed by atoms with Gasteiger partial charge in [0.1, 0.15) is 5.75 Å². The average Bonchev–Trinajstić information content (AvgIpc) is 2.52. The minimum Gasteiger partial charge on any atom is -0.378 e. The van der Waals surface area contributed by atoms with Crippen LogP contribution in [0.1, 0.15) is 31.7 Å². The van der Waals surface area contributed by atoms with E-state index in [4.69, 9.17) is 4.55 Å². The molecular weight excluding hydrogens is 430 g/mol. The summed E-state index contributed by atoms with van der Waals surface area (Å²) in [5.41, 5.74) is 0.622. The molecule has 1 aromatic rings. The minimum absolute atomic E-state index is 0.0186. The van der Waals surface area contributed by atoms with Crippen LogP contribution in [0.5, 0.6) is 5.75 Å². The summed E-state index contributed by atoms with van der Waals surface area (Å²) in [6.45, 7) is 3.59. The standard InChI is InChI=1S/C13H14F6O6S2/c1-3-8(2)9-4-6-10(7-5-9)25-27(23,24)13(18,19)11(14,15)12(16,17)26(20,21)22/h4-8H,3H2,1-2H3,(H,20,21,22). The van der Waals surface area contributed by atoms with Gasteiger partial charge in [0.05, 0.1) is 0 Å². The SMILES string of the molecule is CCC(C)c1ccc(OS(=O)(=O)C(F)(F)C(F)(F)C(F)(F)S(=O)(=O)O)cc1. The van der Waals surface area contributed by atoms with Gasteiger partial charge in [0.15, 0.2) is 0 Å². The van der Waals surface area contributed by atoms with Crippen molar-refractivity contribution in [3.05, 3.63) is 29.8 Å². The minimum atomic E-state index is -7.08. The Morgan fingerprint density at radius 2 is 1.41 bits per heavy atom. The lowest BCUT2D eigenvalue weighted by molar-refractivity contribution is -0.247. The molecule has 156 valence electrons. The Morgan fingerprint density at radius 3 is 1.78 bits per heavy atom. The molecule has 0 aliphatic rings. The molecule has 0 radical (unpaired) electrons. The first-order chi connectivity index (χ1) is 11.9. The van der Waals surface area contributed by atoms with E-state index in [-0.39, 0.29) is 5.92 Å². The number of hydrogen-bond donors (Lipinski definition) is 1. The lowest BCUT2D eigenvalue weighted by Crippen LogP contribution is -2.61. The summed E-state index contributed by atoms with van der Waals surface area (Å²) in [4.78, 5) is 0. The van der Waals surface area contributed by atoms with Gasteiger partial charge in [0.2, 0.25) is 0 Å². The summed E-state index contributed by atoms with van der Waals surface area (Å²) in [5, 5.41) is -13.5. The second-order valence-corrected chi connectivity index (χ2v) is 8.55. The van der Waals surface area contributed by atoms with Gasteiger partial charge in [0, 0.05) is 0 Å². The lowest BCUT2D eigenvalue weighted by Gasteiger charge is -2.29. The second-order valence-electron chi connectivity index (χ2n) is 5.50. The quantitative estimate of drug-likeness (QED) is 0.374. The molecule has 1 rings (SSSR count). The van der Waals surface area contributed by atoms with Crippen LogP contribution in [0, 0.1) is 0 Å². The van der Waals surface area contributed by atoms with Crippen molar-refractivity contribution in [1.82, 2.24) is 0 Å². The highest BCUT2D eigenvalue weighted by molar-refractivity contribution is 7.88. The predicted molar refractivity (Wildman–Crippen MR) is 81.1 cm³/mol. The van der Waals surface area contributed by atoms with Crippen LogP contribution < -0.4 is 4.18 Å². The van der Waals surface area contributed by atoms with Gasteiger partial charge in [-0.1, -0.05) is 26.0 Å². The first-order valence-electron chi connectivity index (χ1n) is 7.06. The topological polar surface area (TPSA) is 97.7 Å². The van der Waals surface area contributed by atoms with E-state index in [9.17, 15) is 43.2 Å². The number of hydrogen-bond acceptors (Lipinski definition) is 5. The fraction of sp³-hybridized carbons (Fsp3) is 0.538. The van der Waals surface area contributed by atoms with Crippen molar-refractivity contribution in [3.8, 4) is 5.75 Å². The fourth-order valence-corrected chi connectivity index (χ4v) is 3.18. The largest absolute Gasteiger partial charge is 0.450 e. The van der Waals surface area contributed by atoms with Gasteiger partial charge >= 0.3 is 36.7 Å². The van der Waals surface area contributed by atoms with E-state index >= 15 is 0 Å². The van der Waals surface area contributed by atoms with Crippen molar-refractivity contribution in [1.29, 1.82) is 0 Å². The third-order valence-corrected chi connectivity index (χ3v) is 5.84. The van der Waals surface area contributed by atoms with E-state index in [0.29, 0.717) is 12.0 Å². The Balaban J connectivity index is 3.29. The van der Waals surface area contributed by atoms with Crippen molar-refractivity contribution < 1.29 is 51.9 Å². The fourth-order valence-electron chi connectivity index (χ4n) is 1.76. The van der Waals surface area contributed by atoms with Crippen molar-refractivity contribution in [2.75, 3.05) is 0 Å². The van der Waals surface area contributed by atoms with Crippen molar-refractivity contribution in [2.24, 2.45) is 0 Å². The summed E-state index contributed by atoms with van der Waals surface area (Å²) < 4.78 is 136. The summed E-state index contributed by atoms with van der Waals surface area (Å²) in [6, 6.07) is 4.13. The Kier molecular flexibility index (Phi) is 6.20. The van der Waals surface area contributed by atoms with Crippen LogP contribution in [0.4, 0.5) is 26.3 Å². The molecule has 0 aliphatic heterocycles. The number of halogens is 6. The zero-order valence-electron chi connectivity index (χ0n) is 13.7. The smallest absolute Gasteiger partial charge is 0.378 e. The van der Waals surface area contributed by atoms with Crippen LogP contribution >= 0.6 is 0 Å². The van der Waals surface area contributed by atoms with Crippen molar-refractivity contribution in [3.63, 3.8) is 0 Å². The Bertz CT molecular complexity index is 880. The van der Waals surface area contributed by atoms with Gasteiger partial charge in [-0.05, 0) is 30.0 Å². The third kappa shape index (κ3) is 4.01. The highest BCUT2D eigenvalue weighted by Gasteiger charge is 2.83. The molecule has 0 aliphatic carbocycles. The highest BCUT2D eigenvalue weighted by Crippen LogP contribution is 2.50. The molecule has 0 bridgehead atoms. The summed E-state index contributed by atoms with van der Waals surface area (Å²) in [7, 11) is -13.9. The number of benzene rings is 1. The lowest BCUT2D eigenvalue weighted by atomic mass is 9.99. The molecular formula is C13H14F6O6S2. The second kappa shape index (κ2) is 7.13. The first kappa shape index (κ1) is 23.5. The number of alkyl halides is 6. The molecule has 0 saturated heterocycles. The van der Waals surface area contributed by atoms with Crippen LogP contribution in [-0.4, -0.2) is 37.8 Å². The van der Waals surface area contributed by atoms with E-state index in [1.54, 1.807) is 6.92 Å². The zero-order chi connectivity index (χ0) is 21.5. The predicted octanol–water partition coefficient (Wildman–Crippen LogP) is 3.62. The monoisotopic (exact) mass is 444 g/mol. The Morgan fingerprint density at radius 1 is 0.963 bits per heavy atom. The summed E-state index contributed by atoms with van der Waals surface area (Å²) in [6.07, 6.45) is 0.660. The molecule has 0 heterocycles. The van der Waals surface area contributed by atoms with Crippen LogP contribution in [-0.2, 0) is 20.2 Å². The van der Waals surface area contributed by atoms with Gasteiger partial charge in [-0.3, -0.25) is 4.55 Å². The molecule has 27 heavy (non-hydrogen) atoms. The molecule has 0 spiro atoms. The molecule has 14 heteroatoms. The highest BCUT2D eigenvalue weighted by atomic mass is 32.2. The van der Waals surface area contributed by atoms with Crippen LogP contribution in [0.25, 0.3) is 0 Å². The van der Waals surface area contributed by atoms with Gasteiger partial charge in [-0.15, -0.1) is 0 Å². The number of rotatable bonds is 8. The maximum absolute atomic E-state index is 13.6. The van der Waals surface area contributed by atoms with E-state index in [0.717, 1.165) is 12.1 Å². The molecule has 1 aromatic carbocycles. The molecule has 1 unspecified atom stereocenters. The van der Waals surface area contributed by atoms with Gasteiger partial charge < -0.3 is 4.18 Å². The van der Waals surface area contributed by atoms with Gasteiger partial charge in [0.25, 0.3) is 0 Å². The molecule has 1 atom stereocenters. The molecule has 0 fully saturated rings. The summed E-state index contributed by atoms with van der Waals surface area (Å²) in [5.74, 6) is -7.95. The first-order valence-corrected chi connectivity index (χ1v) is 9.91.